The summed E-state index contributed by atoms with van der Waals surface area (Å²) < 4.78 is 38.9. The van der Waals surface area contributed by atoms with Gasteiger partial charge in [0.15, 0.2) is 0 Å². The van der Waals surface area contributed by atoms with Gasteiger partial charge in [0, 0.05) is 20.2 Å². The summed E-state index contributed by atoms with van der Waals surface area (Å²) in [6.45, 7) is 0. The van der Waals surface area contributed by atoms with Crippen molar-refractivity contribution in [2.24, 2.45) is 0 Å². The van der Waals surface area contributed by atoms with Crippen LogP contribution in [0.25, 0.3) is 17.1 Å². The van der Waals surface area contributed by atoms with Crippen LogP contribution in [-0.2, 0) is 11.0 Å². The van der Waals surface area contributed by atoms with E-state index in [9.17, 15) is 18.0 Å². The molecular weight excluding hydrogens is 369 g/mol. The van der Waals surface area contributed by atoms with Gasteiger partial charge in [-0.05, 0) is 36.4 Å². The summed E-state index contributed by atoms with van der Waals surface area (Å²) in [5.74, 6) is -0.572. The van der Waals surface area contributed by atoms with Gasteiger partial charge in [-0.15, -0.1) is 0 Å². The third kappa shape index (κ3) is 4.46. The molecule has 8 heteroatoms. The van der Waals surface area contributed by atoms with Gasteiger partial charge in [0.1, 0.15) is 0 Å². The molecule has 0 saturated carbocycles. The number of nitrogens with one attached hydrogen (secondary N) is 1. The summed E-state index contributed by atoms with van der Waals surface area (Å²) >= 11 is 0. The number of halogens is 3. The van der Waals surface area contributed by atoms with E-state index < -0.39 is 17.6 Å². The molecular formula is C20H17F3N4O. The molecule has 5 nitrogen and oxygen atoms in total. The van der Waals surface area contributed by atoms with Crippen molar-refractivity contribution in [3.05, 3.63) is 66.0 Å². The predicted octanol–water partition coefficient (Wildman–Crippen LogP) is 4.37. The zero-order valence-electron chi connectivity index (χ0n) is 15.2. The van der Waals surface area contributed by atoms with Gasteiger partial charge < -0.3 is 10.2 Å². The van der Waals surface area contributed by atoms with Crippen molar-refractivity contribution in [3.8, 4) is 0 Å². The summed E-state index contributed by atoms with van der Waals surface area (Å²) in [5, 5.41) is 2.50. The second-order valence-electron chi connectivity index (χ2n) is 6.23. The van der Waals surface area contributed by atoms with E-state index in [1.54, 1.807) is 25.1 Å². The molecule has 0 unspecified atom stereocenters. The molecule has 0 fully saturated rings. The molecule has 2 aromatic carbocycles. The van der Waals surface area contributed by atoms with Crippen molar-refractivity contribution in [2.75, 3.05) is 24.3 Å². The Bertz CT molecular complexity index is 1050. The first-order valence-electron chi connectivity index (χ1n) is 8.33. The van der Waals surface area contributed by atoms with Crippen LogP contribution in [0.15, 0.2) is 54.7 Å². The average Bonchev–Trinajstić information content (AvgIpc) is 2.65. The quantitative estimate of drug-likeness (QED) is 0.677. The second-order valence-corrected chi connectivity index (χ2v) is 6.23. The maximum atomic E-state index is 13.0. The normalized spacial score (nSPS) is 11.8. The fourth-order valence-electron chi connectivity index (χ4n) is 2.59. The fraction of sp³-hybridized carbons (Fsp3) is 0.150. The van der Waals surface area contributed by atoms with Gasteiger partial charge in [-0.1, -0.05) is 12.1 Å². The molecule has 1 amide bonds. The Hall–Kier alpha value is -3.42. The molecule has 144 valence electrons. The molecule has 0 saturated heterocycles. The number of amides is 1. The standard InChI is InChI=1S/C20H17F3N4O/c1-27(2)18-9-7-13(20(21,22)23)11-17(18)26-19(28)10-8-14-12-24-15-5-3-4-6-16(15)25-14/h3-12H,1-2H3,(H,26,28)/b10-8+. The van der Waals surface area contributed by atoms with E-state index in [0.717, 1.165) is 17.6 Å². The van der Waals surface area contributed by atoms with Gasteiger partial charge in [0.2, 0.25) is 5.91 Å². The number of benzene rings is 2. The van der Waals surface area contributed by atoms with E-state index in [2.05, 4.69) is 15.3 Å². The number of hydrogen-bond acceptors (Lipinski definition) is 4. The second kappa shape index (κ2) is 7.67. The van der Waals surface area contributed by atoms with Crippen LogP contribution in [0.3, 0.4) is 0 Å². The third-order valence-corrected chi connectivity index (χ3v) is 3.94. The molecule has 0 radical (unpaired) electrons. The Morgan fingerprint density at radius 2 is 1.82 bits per heavy atom. The number of rotatable bonds is 4. The number of alkyl halides is 3. The zero-order valence-corrected chi connectivity index (χ0v) is 15.2. The molecule has 1 heterocycles. The molecule has 1 N–H and O–H groups in total. The highest BCUT2D eigenvalue weighted by Gasteiger charge is 2.31. The SMILES string of the molecule is CN(C)c1ccc(C(F)(F)F)cc1NC(=O)/C=C/c1cnc2ccccc2n1. The molecule has 1 aromatic heterocycles. The van der Waals surface area contributed by atoms with Crippen molar-refractivity contribution in [3.63, 3.8) is 0 Å². The Labute approximate surface area is 159 Å². The number of fused-ring (bicyclic) bond motifs is 1. The van der Waals surface area contributed by atoms with E-state index in [1.807, 2.05) is 18.2 Å². The van der Waals surface area contributed by atoms with Crippen molar-refractivity contribution in [1.82, 2.24) is 9.97 Å². The first-order chi connectivity index (χ1) is 13.2. The van der Waals surface area contributed by atoms with E-state index in [1.165, 1.54) is 24.4 Å². The lowest BCUT2D eigenvalue weighted by Gasteiger charge is -2.19. The molecule has 3 rings (SSSR count). The lowest BCUT2D eigenvalue weighted by atomic mass is 10.1. The minimum atomic E-state index is -4.50. The lowest BCUT2D eigenvalue weighted by Crippen LogP contribution is -2.16. The molecule has 0 aliphatic rings. The van der Waals surface area contributed by atoms with Crippen LogP contribution in [0.2, 0.25) is 0 Å². The first-order valence-corrected chi connectivity index (χ1v) is 8.33. The van der Waals surface area contributed by atoms with Crippen LogP contribution in [0.5, 0.6) is 0 Å². The summed E-state index contributed by atoms with van der Waals surface area (Å²) in [4.78, 5) is 22.5. The largest absolute Gasteiger partial charge is 0.416 e. The van der Waals surface area contributed by atoms with Gasteiger partial charge in [-0.25, -0.2) is 4.98 Å². The van der Waals surface area contributed by atoms with Crippen molar-refractivity contribution >= 4 is 34.4 Å². The minimum absolute atomic E-state index is 0.0686. The van der Waals surface area contributed by atoms with Gasteiger partial charge in [0.05, 0.1) is 39.9 Å². The molecule has 0 aliphatic carbocycles. The number of para-hydroxylation sites is 2. The summed E-state index contributed by atoms with van der Waals surface area (Å²) in [7, 11) is 3.36. The highest BCUT2D eigenvalue weighted by atomic mass is 19.4. The Balaban J connectivity index is 1.82. The van der Waals surface area contributed by atoms with Crippen LogP contribution < -0.4 is 10.2 Å². The molecule has 3 aromatic rings. The van der Waals surface area contributed by atoms with Gasteiger partial charge in [-0.3, -0.25) is 9.78 Å². The number of carbonyl (C=O) groups is 1. The van der Waals surface area contributed by atoms with Crippen LogP contribution in [-0.4, -0.2) is 30.0 Å². The maximum absolute atomic E-state index is 13.0. The minimum Gasteiger partial charge on any atom is -0.376 e. The van der Waals surface area contributed by atoms with E-state index >= 15 is 0 Å². The summed E-state index contributed by atoms with van der Waals surface area (Å²) in [6.07, 6.45) is -0.321. The average molecular weight is 386 g/mol. The topological polar surface area (TPSA) is 58.1 Å². The fourth-order valence-corrected chi connectivity index (χ4v) is 2.59. The highest BCUT2D eigenvalue weighted by Crippen LogP contribution is 2.34. The number of aromatic nitrogens is 2. The Morgan fingerprint density at radius 1 is 1.11 bits per heavy atom. The van der Waals surface area contributed by atoms with Crippen molar-refractivity contribution < 1.29 is 18.0 Å². The van der Waals surface area contributed by atoms with E-state index in [4.69, 9.17) is 0 Å². The van der Waals surface area contributed by atoms with Crippen LogP contribution in [0.4, 0.5) is 24.5 Å². The third-order valence-electron chi connectivity index (χ3n) is 3.94. The zero-order chi connectivity index (χ0) is 20.3. The monoisotopic (exact) mass is 386 g/mol. The Kier molecular flexibility index (Phi) is 5.30. The number of hydrogen-bond donors (Lipinski definition) is 1. The van der Waals surface area contributed by atoms with Crippen LogP contribution in [0.1, 0.15) is 11.3 Å². The molecule has 28 heavy (non-hydrogen) atoms. The van der Waals surface area contributed by atoms with Gasteiger partial charge in [-0.2, -0.15) is 13.2 Å². The maximum Gasteiger partial charge on any atom is 0.416 e. The van der Waals surface area contributed by atoms with Crippen molar-refractivity contribution in [2.45, 2.75) is 6.18 Å². The molecule has 0 spiro atoms. The number of anilines is 2. The summed E-state index contributed by atoms with van der Waals surface area (Å²) in [6, 6.07) is 10.5. The summed E-state index contributed by atoms with van der Waals surface area (Å²) in [5.41, 5.74) is 1.56. The molecule has 0 atom stereocenters. The van der Waals surface area contributed by atoms with Crippen LogP contribution in [0, 0.1) is 0 Å². The van der Waals surface area contributed by atoms with Gasteiger partial charge in [0.25, 0.3) is 0 Å². The number of carbonyl (C=O) groups excluding carboxylic acids is 1. The predicted molar refractivity (Wildman–Crippen MR) is 103 cm³/mol. The highest BCUT2D eigenvalue weighted by molar-refractivity contribution is 6.03. The van der Waals surface area contributed by atoms with E-state index in [0.29, 0.717) is 16.9 Å². The molecule has 0 aliphatic heterocycles. The van der Waals surface area contributed by atoms with Crippen molar-refractivity contribution in [1.29, 1.82) is 0 Å². The molecule has 0 bridgehead atoms. The number of nitrogens with zero attached hydrogens (tertiary/aromatic N) is 3. The van der Waals surface area contributed by atoms with E-state index in [-0.39, 0.29) is 5.69 Å². The lowest BCUT2D eigenvalue weighted by molar-refractivity contribution is -0.137. The van der Waals surface area contributed by atoms with Gasteiger partial charge >= 0.3 is 6.18 Å². The van der Waals surface area contributed by atoms with Crippen LogP contribution >= 0.6 is 0 Å². The smallest absolute Gasteiger partial charge is 0.376 e. The Morgan fingerprint density at radius 3 is 2.50 bits per heavy atom. The first kappa shape index (κ1) is 19.3.